The van der Waals surface area contributed by atoms with Crippen molar-refractivity contribution in [2.45, 2.75) is 154 Å². The molecule has 3 nitrogen and oxygen atoms in total. The lowest BCUT2D eigenvalue weighted by Gasteiger charge is -2.51. The zero-order chi connectivity index (χ0) is 57.8. The Morgan fingerprint density at radius 3 is 1.69 bits per heavy atom. The molecule has 2 atom stereocenters. The van der Waals surface area contributed by atoms with Gasteiger partial charge in [0.05, 0.1) is 21.6 Å². The van der Waals surface area contributed by atoms with Crippen molar-refractivity contribution in [2.75, 3.05) is 14.7 Å². The topological polar surface area (TPSA) is 9.72 Å². The van der Waals surface area contributed by atoms with Gasteiger partial charge in [-0.05, 0) is 171 Å². The molecule has 2 unspecified atom stereocenters. The predicted octanol–water partition coefficient (Wildman–Crippen LogP) is 20.9. The molecule has 2 aliphatic carbocycles. The SMILES string of the molecule is CC(C)(C)c1ccc(N2c3cc4c(cc3B3c5cc6c(cc5N(c5cccc7c5sc5ccccc57)c5cc(N7c8ccc(C(C)(C)C)cc8C8(C)CCCCC78C)cc2c53)C(C)(C)CCC6(C)C)sc2ccccc24)c(-c2ccccc2)c1. The Bertz CT molecular complexity index is 4600. The molecule has 5 aliphatic rings. The van der Waals surface area contributed by atoms with Gasteiger partial charge in [0.15, 0.2) is 0 Å². The molecule has 1 fully saturated rings. The molecule has 16 rings (SSSR count). The second kappa shape index (κ2) is 17.7. The van der Waals surface area contributed by atoms with E-state index in [0.29, 0.717) is 0 Å². The standard InChI is InChI=1S/C78H76BN3S2/c1-73(2,3)48-31-33-61(54(39-48)47-23-14-13-15-24-47)80-64-43-55-52-26-17-18-29-68(52)83-70(55)46-60(64)79-59-44-56-57(76(9,10)38-37-75(56,7)8)45-65(59)81(63-28-22-27-53-51-25-16-19-30-69(51)84-72(53)63)67-42-50(41-66(80)71(67)79)82-62-34-32-49(74(4,5)6)40-58(62)77(11)35-20-21-36-78(77,82)12/h13-19,22-34,39-46H,20-21,35-38H2,1-12H3. The minimum atomic E-state index is -0.190. The molecule has 0 N–H and O–H groups in total. The lowest BCUT2D eigenvalue weighted by atomic mass is 9.33. The molecular weight excluding hydrogens is 1050 g/mol. The molecule has 3 aliphatic heterocycles. The normalized spacial score (nSPS) is 20.3. The minimum absolute atomic E-state index is 0.000390. The highest BCUT2D eigenvalue weighted by Crippen LogP contribution is 2.63. The van der Waals surface area contributed by atoms with Crippen molar-refractivity contribution in [3.8, 4) is 11.1 Å². The highest BCUT2D eigenvalue weighted by Gasteiger charge is 2.58. The van der Waals surface area contributed by atoms with Gasteiger partial charge in [0.1, 0.15) is 0 Å². The first kappa shape index (κ1) is 52.4. The van der Waals surface area contributed by atoms with Gasteiger partial charge in [-0.15, -0.1) is 22.7 Å². The Labute approximate surface area is 506 Å². The molecule has 418 valence electrons. The Morgan fingerprint density at radius 2 is 0.988 bits per heavy atom. The van der Waals surface area contributed by atoms with Gasteiger partial charge in [0.2, 0.25) is 0 Å². The van der Waals surface area contributed by atoms with Crippen molar-refractivity contribution < 1.29 is 0 Å². The summed E-state index contributed by atoms with van der Waals surface area (Å²) in [5.41, 5.74) is 23.8. The van der Waals surface area contributed by atoms with Crippen LogP contribution in [0.25, 0.3) is 51.5 Å². The Balaban J connectivity index is 1.10. The molecule has 5 heterocycles. The van der Waals surface area contributed by atoms with Crippen LogP contribution in [0.5, 0.6) is 0 Å². The van der Waals surface area contributed by atoms with Crippen LogP contribution in [0.1, 0.15) is 149 Å². The van der Waals surface area contributed by atoms with Gasteiger partial charge in [0, 0.05) is 80.7 Å². The number of hydrogen-bond acceptors (Lipinski definition) is 5. The highest BCUT2D eigenvalue weighted by molar-refractivity contribution is 7.26. The smallest absolute Gasteiger partial charge is 0.252 e. The van der Waals surface area contributed by atoms with E-state index in [-0.39, 0.29) is 39.3 Å². The third-order valence-corrected chi connectivity index (χ3v) is 23.9. The second-order valence-corrected chi connectivity index (χ2v) is 31.6. The summed E-state index contributed by atoms with van der Waals surface area (Å²) in [4.78, 5) is 8.41. The van der Waals surface area contributed by atoms with Crippen LogP contribution < -0.4 is 31.1 Å². The van der Waals surface area contributed by atoms with Crippen molar-refractivity contribution in [2.24, 2.45) is 0 Å². The molecule has 84 heavy (non-hydrogen) atoms. The van der Waals surface area contributed by atoms with Gasteiger partial charge in [-0.2, -0.15) is 0 Å². The summed E-state index contributed by atoms with van der Waals surface area (Å²) in [7, 11) is 0. The first-order valence-electron chi connectivity index (χ1n) is 31.1. The summed E-state index contributed by atoms with van der Waals surface area (Å²) in [6.07, 6.45) is 7.02. The lowest BCUT2D eigenvalue weighted by Crippen LogP contribution is -2.62. The monoisotopic (exact) mass is 1130 g/mol. The largest absolute Gasteiger partial charge is 0.334 e. The van der Waals surface area contributed by atoms with Crippen LogP contribution in [0.3, 0.4) is 0 Å². The van der Waals surface area contributed by atoms with Crippen LogP contribution in [-0.2, 0) is 27.1 Å². The van der Waals surface area contributed by atoms with Crippen LogP contribution in [0, 0.1) is 0 Å². The molecule has 11 aromatic rings. The van der Waals surface area contributed by atoms with Gasteiger partial charge in [-0.1, -0.05) is 192 Å². The van der Waals surface area contributed by atoms with E-state index in [0.717, 1.165) is 25.7 Å². The Morgan fingerprint density at radius 1 is 0.417 bits per heavy atom. The number of benzene rings is 9. The fourth-order valence-electron chi connectivity index (χ4n) is 16.5. The summed E-state index contributed by atoms with van der Waals surface area (Å²) in [6.45, 7) is 29.5. The van der Waals surface area contributed by atoms with E-state index in [9.17, 15) is 0 Å². The molecule has 0 saturated heterocycles. The maximum Gasteiger partial charge on any atom is 0.252 e. The van der Waals surface area contributed by atoms with Gasteiger partial charge < -0.3 is 14.7 Å². The van der Waals surface area contributed by atoms with E-state index in [1.54, 1.807) is 0 Å². The maximum atomic E-state index is 2.87. The molecule has 0 radical (unpaired) electrons. The summed E-state index contributed by atoms with van der Waals surface area (Å²) in [6, 6.07) is 67.7. The number of anilines is 8. The van der Waals surface area contributed by atoms with Crippen LogP contribution >= 0.6 is 22.7 Å². The number of rotatable bonds is 4. The quantitative estimate of drug-likeness (QED) is 0.163. The fraction of sp³-hybridized carbons (Fsp3) is 0.308. The average Bonchev–Trinajstić information content (AvgIpc) is 1.13. The third kappa shape index (κ3) is 7.35. The van der Waals surface area contributed by atoms with Gasteiger partial charge in [-0.25, -0.2) is 0 Å². The zero-order valence-corrected chi connectivity index (χ0v) is 52.8. The molecule has 6 heteroatoms. The summed E-state index contributed by atoms with van der Waals surface area (Å²) < 4.78 is 5.33. The Kier molecular flexibility index (Phi) is 11.1. The Hall–Kier alpha value is -7.12. The molecule has 0 amide bonds. The molecule has 2 aromatic heterocycles. The summed E-state index contributed by atoms with van der Waals surface area (Å²) in [5.74, 6) is 0. The van der Waals surface area contributed by atoms with E-state index in [2.05, 4.69) is 268 Å². The minimum Gasteiger partial charge on any atom is -0.334 e. The second-order valence-electron chi connectivity index (χ2n) is 29.5. The zero-order valence-electron chi connectivity index (χ0n) is 51.1. The molecule has 0 bridgehead atoms. The van der Waals surface area contributed by atoms with Crippen LogP contribution in [0.4, 0.5) is 45.5 Å². The van der Waals surface area contributed by atoms with E-state index in [1.807, 2.05) is 22.7 Å². The van der Waals surface area contributed by atoms with Crippen molar-refractivity contribution in [3.63, 3.8) is 0 Å². The van der Waals surface area contributed by atoms with Gasteiger partial charge in [-0.3, -0.25) is 0 Å². The third-order valence-electron chi connectivity index (χ3n) is 21.6. The van der Waals surface area contributed by atoms with Gasteiger partial charge in [0.25, 0.3) is 6.71 Å². The van der Waals surface area contributed by atoms with Crippen LogP contribution in [0.2, 0.25) is 0 Å². The van der Waals surface area contributed by atoms with Crippen LogP contribution in [-0.4, -0.2) is 12.3 Å². The number of hydrogen-bond donors (Lipinski definition) is 0. The molecule has 9 aromatic carbocycles. The van der Waals surface area contributed by atoms with Crippen LogP contribution in [0.15, 0.2) is 170 Å². The number of fused-ring (bicyclic) bond motifs is 14. The van der Waals surface area contributed by atoms with E-state index < -0.39 is 0 Å². The van der Waals surface area contributed by atoms with E-state index in [4.69, 9.17) is 0 Å². The number of thiophene rings is 2. The highest BCUT2D eigenvalue weighted by atomic mass is 32.1. The van der Waals surface area contributed by atoms with Crippen molar-refractivity contribution in [1.82, 2.24) is 0 Å². The first-order valence-corrected chi connectivity index (χ1v) is 32.7. The van der Waals surface area contributed by atoms with E-state index >= 15 is 0 Å². The predicted molar refractivity (Wildman–Crippen MR) is 367 cm³/mol. The first-order chi connectivity index (χ1) is 40.1. The van der Waals surface area contributed by atoms with E-state index in [1.165, 1.54) is 154 Å². The molecular formula is C78H76BN3S2. The summed E-state index contributed by atoms with van der Waals surface area (Å²) in [5, 5.41) is 5.29. The average molecular weight is 1130 g/mol. The molecule has 0 spiro atoms. The summed E-state index contributed by atoms with van der Waals surface area (Å²) >= 11 is 3.90. The van der Waals surface area contributed by atoms with Crippen molar-refractivity contribution in [3.05, 3.63) is 198 Å². The van der Waals surface area contributed by atoms with Gasteiger partial charge >= 0.3 is 0 Å². The van der Waals surface area contributed by atoms with Crippen molar-refractivity contribution in [1.29, 1.82) is 0 Å². The lowest BCUT2D eigenvalue weighted by molar-refractivity contribution is 0.195. The fourth-order valence-corrected chi connectivity index (χ4v) is 18.8. The number of nitrogens with zero attached hydrogens (tertiary/aromatic N) is 3. The molecule has 1 saturated carbocycles. The maximum absolute atomic E-state index is 2.87. The van der Waals surface area contributed by atoms with Crippen molar-refractivity contribution >= 4 is 132 Å².